The number of alkyl halides is 6. The predicted molar refractivity (Wildman–Crippen MR) is 252 cm³/mol. The molecule has 0 fully saturated rings. The summed E-state index contributed by atoms with van der Waals surface area (Å²) in [6.07, 6.45) is -5.62. The number of aldehydes is 1. The summed E-state index contributed by atoms with van der Waals surface area (Å²) in [6.45, 7) is 2.02. The van der Waals surface area contributed by atoms with Crippen molar-refractivity contribution in [2.75, 3.05) is 36.3 Å². The molecule has 1 N–H and O–H groups in total. The van der Waals surface area contributed by atoms with Crippen LogP contribution in [0.3, 0.4) is 0 Å². The molecule has 0 spiro atoms. The molecule has 1 unspecified atom stereocenters. The van der Waals surface area contributed by atoms with Crippen LogP contribution in [0.5, 0.6) is 0 Å². The van der Waals surface area contributed by atoms with Crippen molar-refractivity contribution in [1.82, 2.24) is 9.97 Å². The third-order valence-electron chi connectivity index (χ3n) is 9.31. The normalized spacial score (nSPS) is 12.2. The van der Waals surface area contributed by atoms with Crippen LogP contribution >= 0.6 is 62.3 Å². The minimum atomic E-state index is -4.91. The Morgan fingerprint density at radius 2 is 1.14 bits per heavy atom. The zero-order chi connectivity index (χ0) is 53.4. The molecule has 6 rings (SSSR count). The molecule has 2 aromatic carbocycles. The van der Waals surface area contributed by atoms with Crippen LogP contribution < -0.4 is 18.1 Å². The number of hydrogen-bond donors (Lipinski definition) is 1. The van der Waals surface area contributed by atoms with Gasteiger partial charge in [0.15, 0.2) is 30.1 Å². The highest BCUT2D eigenvalue weighted by atomic mass is 79.9. The minimum Gasteiger partial charge on any atom is -0.619 e. The molecule has 16 nitrogen and oxygen atoms in total. The van der Waals surface area contributed by atoms with E-state index < -0.39 is 82.9 Å². The van der Waals surface area contributed by atoms with Crippen molar-refractivity contribution in [2.24, 2.45) is 0 Å². The number of ether oxygens (including phenoxy) is 2. The number of hydrogen-bond acceptors (Lipinski definition) is 12. The van der Waals surface area contributed by atoms with Gasteiger partial charge in [-0.05, 0) is 70.0 Å². The van der Waals surface area contributed by atoms with Crippen molar-refractivity contribution >= 4 is 100 Å². The molecule has 29 heteroatoms. The van der Waals surface area contributed by atoms with Crippen molar-refractivity contribution in [3.63, 3.8) is 0 Å². The van der Waals surface area contributed by atoms with Crippen LogP contribution in [0.4, 0.5) is 37.7 Å². The summed E-state index contributed by atoms with van der Waals surface area (Å²) in [5, 5.41) is 32.1. The lowest BCUT2D eigenvalue weighted by Gasteiger charge is -2.27. The molecule has 0 aliphatic carbocycles. The Labute approximate surface area is 429 Å². The standard InChI is InChI=1S/C21H18Cl2F3N3O5S.C14H10BrCl2F3N2O3S.C7H7NO2/c1-12-7-13(5-6-28(12)31)20(30)19-18(8-14(22)10-27-19)29(11-34-2)35(32,33)15-3-4-17(23)16(9-15)21(24,25)26;1-25-7-22(12-4-8(16)6-21-13(12)15)26(23,24)9-2-3-11(17)10(5-9)14(18,19)20;1-6-4-7(5-9)2-3-8(6)10/h3-10,20,30H,11H2,1-2H3;2-6H,7H2,1H3;2-5H,1H3. The SMILES string of the molecule is COCN(c1cc(Cl)cnc1Br)S(=O)(=O)c1ccc(Cl)c(C(F)(F)F)c1.COCN(c1cc(Cl)cnc1C(O)c1cc[n+]([O-])c(C)c1)S(=O)(=O)c1ccc(Cl)c(C(F)(F)F)c1.Cc1cc(C=O)cc[n+]1[O-]. The van der Waals surface area contributed by atoms with Gasteiger partial charge in [-0.2, -0.15) is 35.8 Å². The van der Waals surface area contributed by atoms with Crippen molar-refractivity contribution in [3.05, 3.63) is 172 Å². The first kappa shape index (κ1) is 58.5. The number of benzene rings is 2. The van der Waals surface area contributed by atoms with Gasteiger partial charge >= 0.3 is 12.4 Å². The second-order valence-electron chi connectivity index (χ2n) is 14.2. The lowest BCUT2D eigenvalue weighted by Crippen LogP contribution is -2.34. The van der Waals surface area contributed by atoms with E-state index in [0.29, 0.717) is 43.4 Å². The highest BCUT2D eigenvalue weighted by Gasteiger charge is 2.38. The monoisotopic (exact) mass is 1180 g/mol. The maximum Gasteiger partial charge on any atom is 0.417 e. The molecule has 6 aromatic rings. The fourth-order valence-electron chi connectivity index (χ4n) is 5.88. The van der Waals surface area contributed by atoms with Crippen molar-refractivity contribution in [1.29, 1.82) is 0 Å². The van der Waals surface area contributed by atoms with Gasteiger partial charge in [-0.15, -0.1) is 0 Å². The molecule has 0 amide bonds. The smallest absolute Gasteiger partial charge is 0.417 e. The van der Waals surface area contributed by atoms with Crippen LogP contribution in [-0.2, 0) is 41.9 Å². The number of anilines is 2. The molecule has 4 aromatic heterocycles. The quantitative estimate of drug-likeness (QED) is 0.0286. The average Bonchev–Trinajstić information content (AvgIpc) is 3.29. The van der Waals surface area contributed by atoms with E-state index in [1.54, 1.807) is 13.0 Å². The first-order chi connectivity index (χ1) is 33.0. The van der Waals surface area contributed by atoms with Crippen molar-refractivity contribution in [3.8, 4) is 0 Å². The molecule has 0 radical (unpaired) electrons. The minimum absolute atomic E-state index is 0.00265. The summed E-state index contributed by atoms with van der Waals surface area (Å²) in [4.78, 5) is 16.8. The van der Waals surface area contributed by atoms with Crippen LogP contribution in [0.15, 0.2) is 112 Å². The number of aliphatic hydroxyl groups is 1. The predicted octanol–water partition coefficient (Wildman–Crippen LogP) is 9.64. The number of carbonyl (C=O) groups is 1. The number of aliphatic hydroxyl groups excluding tert-OH is 1. The number of aryl methyl sites for hydroxylation is 2. The summed E-state index contributed by atoms with van der Waals surface area (Å²) in [5.41, 5.74) is -1.51. The number of nitrogens with zero attached hydrogens (tertiary/aromatic N) is 6. The Balaban J connectivity index is 0.000000265. The Kier molecular flexibility index (Phi) is 19.8. The Bertz CT molecular complexity index is 3130. The number of methoxy groups -OCH3 is 2. The number of sulfonamides is 2. The maximum absolute atomic E-state index is 13.5. The number of carbonyl (C=O) groups excluding carboxylic acids is 1. The van der Waals surface area contributed by atoms with Gasteiger partial charge in [0, 0.05) is 70.3 Å². The first-order valence-electron chi connectivity index (χ1n) is 19.3. The van der Waals surface area contributed by atoms with E-state index in [-0.39, 0.29) is 43.0 Å². The number of aromatic nitrogens is 4. The lowest BCUT2D eigenvalue weighted by atomic mass is 10.1. The Morgan fingerprint density at radius 1 is 0.704 bits per heavy atom. The molecule has 71 heavy (non-hydrogen) atoms. The third-order valence-corrected chi connectivity index (χ3v) is 14.5. The van der Waals surface area contributed by atoms with Crippen LogP contribution in [-0.4, -0.2) is 65.9 Å². The molecule has 0 saturated carbocycles. The van der Waals surface area contributed by atoms with Gasteiger partial charge in [-0.3, -0.25) is 9.78 Å². The number of halogens is 11. The van der Waals surface area contributed by atoms with E-state index in [9.17, 15) is 63.5 Å². The zero-order valence-electron chi connectivity index (χ0n) is 36.6. The molecule has 0 bridgehead atoms. The molecular weight excluding hydrogens is 1150 g/mol. The van der Waals surface area contributed by atoms with E-state index in [4.69, 9.17) is 55.9 Å². The van der Waals surface area contributed by atoms with E-state index in [1.165, 1.54) is 63.9 Å². The zero-order valence-corrected chi connectivity index (χ0v) is 42.8. The van der Waals surface area contributed by atoms with Crippen LogP contribution in [0.25, 0.3) is 0 Å². The van der Waals surface area contributed by atoms with E-state index in [1.807, 2.05) is 0 Å². The second-order valence-corrected chi connectivity index (χ2v) is 20.4. The van der Waals surface area contributed by atoms with Gasteiger partial charge in [-0.25, -0.2) is 30.4 Å². The van der Waals surface area contributed by atoms with Gasteiger partial charge < -0.3 is 25.0 Å². The summed E-state index contributed by atoms with van der Waals surface area (Å²) < 4.78 is 145. The molecule has 0 saturated heterocycles. The van der Waals surface area contributed by atoms with Gasteiger partial charge in [0.1, 0.15) is 24.2 Å². The summed E-state index contributed by atoms with van der Waals surface area (Å²) in [6, 6.07) is 12.6. The van der Waals surface area contributed by atoms with Crippen LogP contribution in [0.1, 0.15) is 50.2 Å². The molecular formula is C42H35BrCl4F6N6O10S2. The van der Waals surface area contributed by atoms with Crippen LogP contribution in [0, 0.1) is 24.3 Å². The number of rotatable bonds is 13. The molecule has 0 aliphatic rings. The third kappa shape index (κ3) is 14.5. The summed E-state index contributed by atoms with van der Waals surface area (Å²) >= 11 is 26.2. The molecule has 382 valence electrons. The van der Waals surface area contributed by atoms with Crippen LogP contribution in [0.2, 0.25) is 20.1 Å². The topological polar surface area (TPSA) is 210 Å². The highest BCUT2D eigenvalue weighted by molar-refractivity contribution is 9.10. The largest absolute Gasteiger partial charge is 0.619 e. The van der Waals surface area contributed by atoms with Crippen molar-refractivity contribution < 1.29 is 72.0 Å². The fourth-order valence-corrected chi connectivity index (χ4v) is 9.99. The van der Waals surface area contributed by atoms with E-state index in [2.05, 4.69) is 25.9 Å². The molecule has 4 heterocycles. The summed E-state index contributed by atoms with van der Waals surface area (Å²) in [5.74, 6) is 0. The Hall–Kier alpha value is -5.09. The summed E-state index contributed by atoms with van der Waals surface area (Å²) in [7, 11) is -6.73. The van der Waals surface area contributed by atoms with E-state index >= 15 is 0 Å². The average molecular weight is 1180 g/mol. The van der Waals surface area contributed by atoms with E-state index in [0.717, 1.165) is 41.0 Å². The van der Waals surface area contributed by atoms with Gasteiger partial charge in [-0.1, -0.05) is 46.4 Å². The first-order valence-corrected chi connectivity index (χ1v) is 24.4. The van der Waals surface area contributed by atoms with Gasteiger partial charge in [0.05, 0.1) is 58.1 Å². The molecule has 0 aliphatic heterocycles. The van der Waals surface area contributed by atoms with Gasteiger partial charge in [0.25, 0.3) is 20.0 Å². The maximum atomic E-state index is 13.5. The lowest BCUT2D eigenvalue weighted by molar-refractivity contribution is -0.612. The fraction of sp³-hybridized carbons (Fsp3) is 0.214. The van der Waals surface area contributed by atoms with Crippen molar-refractivity contribution in [2.45, 2.75) is 42.1 Å². The second kappa shape index (κ2) is 24.1. The molecule has 1 atom stereocenters. The number of pyridine rings is 4. The van der Waals surface area contributed by atoms with Gasteiger partial charge in [0.2, 0.25) is 0 Å². The highest BCUT2D eigenvalue weighted by Crippen LogP contribution is 2.40. The Morgan fingerprint density at radius 3 is 1.58 bits per heavy atom.